The molecule has 0 radical (unpaired) electrons. The molecule has 0 aliphatic carbocycles. The maximum absolute atomic E-state index is 14.4. The van der Waals surface area contributed by atoms with E-state index >= 15 is 0 Å². The van der Waals surface area contributed by atoms with E-state index in [1.165, 1.54) is 16.8 Å². The average Bonchev–Trinajstić information content (AvgIpc) is 3.06. The van der Waals surface area contributed by atoms with Gasteiger partial charge in [-0.1, -0.05) is 40.2 Å². The van der Waals surface area contributed by atoms with E-state index < -0.39 is 15.9 Å². The van der Waals surface area contributed by atoms with Gasteiger partial charge in [-0.2, -0.15) is 18.2 Å². The Bertz CT molecular complexity index is 1180. The summed E-state index contributed by atoms with van der Waals surface area (Å²) in [5.74, 6) is -0.671. The van der Waals surface area contributed by atoms with Crippen molar-refractivity contribution in [3.05, 3.63) is 75.6 Å². The fourth-order valence-corrected chi connectivity index (χ4v) is 4.75. The number of rotatable bonds is 7. The highest BCUT2D eigenvalue weighted by Gasteiger charge is 2.32. The van der Waals surface area contributed by atoms with E-state index in [9.17, 15) is 17.9 Å². The fourth-order valence-electron chi connectivity index (χ4n) is 3.53. The van der Waals surface area contributed by atoms with Gasteiger partial charge in [0.05, 0.1) is 18.1 Å². The number of fused-ring (bicyclic) bond motifs is 1. The molecule has 1 N–H and O–H groups in total. The van der Waals surface area contributed by atoms with Gasteiger partial charge in [-0.25, -0.2) is 4.39 Å². The van der Waals surface area contributed by atoms with Crippen LogP contribution in [-0.2, 0) is 29.6 Å². The molecule has 0 spiro atoms. The van der Waals surface area contributed by atoms with Crippen LogP contribution in [0.4, 0.5) is 4.39 Å². The van der Waals surface area contributed by atoms with Crippen LogP contribution in [0.3, 0.4) is 0 Å². The van der Waals surface area contributed by atoms with Crippen LogP contribution in [0.2, 0.25) is 0 Å². The minimum atomic E-state index is -3.76. The molecule has 2 aromatic carbocycles. The number of aromatic nitrogens is 2. The summed E-state index contributed by atoms with van der Waals surface area (Å²) in [6.07, 6.45) is 0.229. The first-order valence-electron chi connectivity index (χ1n) is 9.72. The number of para-hydroxylation sites is 1. The zero-order valence-electron chi connectivity index (χ0n) is 16.5. The van der Waals surface area contributed by atoms with Gasteiger partial charge in [0, 0.05) is 29.7 Å². The number of hydrogen-bond acceptors (Lipinski definition) is 6. The van der Waals surface area contributed by atoms with Crippen molar-refractivity contribution in [3.63, 3.8) is 0 Å². The van der Waals surface area contributed by atoms with Crippen molar-refractivity contribution in [2.24, 2.45) is 0 Å². The lowest BCUT2D eigenvalue weighted by atomic mass is 10.1. The van der Waals surface area contributed by atoms with Crippen molar-refractivity contribution < 1.29 is 22.1 Å². The van der Waals surface area contributed by atoms with Crippen LogP contribution in [0.25, 0.3) is 5.69 Å². The molecule has 0 atom stereocenters. The van der Waals surface area contributed by atoms with E-state index in [-0.39, 0.29) is 30.3 Å². The Kier molecular flexibility index (Phi) is 6.42. The molecule has 31 heavy (non-hydrogen) atoms. The van der Waals surface area contributed by atoms with Crippen LogP contribution in [0.1, 0.15) is 16.8 Å². The van der Waals surface area contributed by atoms with Gasteiger partial charge >= 0.3 is 10.1 Å². The first-order chi connectivity index (χ1) is 14.9. The molecule has 0 unspecified atom stereocenters. The quantitative estimate of drug-likeness (QED) is 0.492. The van der Waals surface area contributed by atoms with Crippen LogP contribution in [-0.4, -0.2) is 47.1 Å². The number of benzene rings is 2. The van der Waals surface area contributed by atoms with Gasteiger partial charge in [0.15, 0.2) is 0 Å². The van der Waals surface area contributed by atoms with Crippen LogP contribution in [0.5, 0.6) is 5.88 Å². The molecule has 164 valence electrons. The van der Waals surface area contributed by atoms with Crippen molar-refractivity contribution in [2.45, 2.75) is 19.5 Å². The summed E-state index contributed by atoms with van der Waals surface area (Å²) in [7, 11) is -3.76. The summed E-state index contributed by atoms with van der Waals surface area (Å²) in [5.41, 5.74) is 2.40. The van der Waals surface area contributed by atoms with Crippen LogP contribution in [0, 0.1) is 5.82 Å². The highest BCUT2D eigenvalue weighted by atomic mass is 79.9. The second-order valence-electron chi connectivity index (χ2n) is 7.25. The van der Waals surface area contributed by atoms with E-state index in [0.717, 1.165) is 10.0 Å². The third-order valence-corrected chi connectivity index (χ3v) is 6.66. The normalized spacial score (nSPS) is 15.0. The molecule has 0 amide bonds. The van der Waals surface area contributed by atoms with E-state index in [4.69, 9.17) is 4.18 Å². The number of hydrogen-bond donors (Lipinski definition) is 1. The predicted molar refractivity (Wildman–Crippen MR) is 117 cm³/mol. The van der Waals surface area contributed by atoms with Crippen molar-refractivity contribution in [1.29, 1.82) is 0 Å². The Hall–Kier alpha value is -2.27. The lowest BCUT2D eigenvalue weighted by molar-refractivity contribution is 0.182. The summed E-state index contributed by atoms with van der Waals surface area (Å²) in [4.78, 5) is 2.00. The maximum Gasteiger partial charge on any atom is 0.311 e. The Labute approximate surface area is 188 Å². The summed E-state index contributed by atoms with van der Waals surface area (Å²) < 4.78 is 46.0. The van der Waals surface area contributed by atoms with E-state index in [1.807, 2.05) is 29.2 Å². The van der Waals surface area contributed by atoms with Gasteiger partial charge in [-0.05, 0) is 36.2 Å². The molecular formula is C21H21BrFN3O4S. The minimum Gasteiger partial charge on any atom is -0.395 e. The third-order valence-electron chi connectivity index (χ3n) is 5.02. The zero-order chi connectivity index (χ0) is 22.0. The van der Waals surface area contributed by atoms with Crippen molar-refractivity contribution in [1.82, 2.24) is 14.7 Å². The highest BCUT2D eigenvalue weighted by molar-refractivity contribution is 9.10. The van der Waals surface area contributed by atoms with E-state index in [0.29, 0.717) is 30.9 Å². The van der Waals surface area contributed by atoms with Gasteiger partial charge in [0.2, 0.25) is 5.88 Å². The zero-order valence-corrected chi connectivity index (χ0v) is 18.9. The molecule has 0 saturated carbocycles. The molecule has 1 aromatic heterocycles. The molecule has 2 heterocycles. The van der Waals surface area contributed by atoms with Crippen LogP contribution >= 0.6 is 15.9 Å². The second kappa shape index (κ2) is 9.07. The molecule has 0 bridgehead atoms. The fraction of sp³-hybridized carbons (Fsp3) is 0.286. The Morgan fingerprint density at radius 3 is 2.61 bits per heavy atom. The number of halogens is 2. The van der Waals surface area contributed by atoms with Gasteiger partial charge in [-0.3, -0.25) is 4.90 Å². The monoisotopic (exact) mass is 509 g/mol. The van der Waals surface area contributed by atoms with Crippen molar-refractivity contribution >= 4 is 26.0 Å². The topological polar surface area (TPSA) is 84.7 Å². The van der Waals surface area contributed by atoms with Gasteiger partial charge in [0.25, 0.3) is 0 Å². The van der Waals surface area contributed by atoms with E-state index in [1.54, 1.807) is 12.1 Å². The molecule has 1 aliphatic rings. The van der Waals surface area contributed by atoms with E-state index in [2.05, 4.69) is 21.0 Å². The molecule has 10 heteroatoms. The molecule has 0 saturated heterocycles. The predicted octanol–water partition coefficient (Wildman–Crippen LogP) is 3.03. The first-order valence-corrected chi connectivity index (χ1v) is 12.1. The third kappa shape index (κ3) is 4.98. The molecule has 7 nitrogen and oxygen atoms in total. The van der Waals surface area contributed by atoms with Crippen LogP contribution < -0.4 is 4.18 Å². The molecule has 4 rings (SSSR count). The maximum atomic E-state index is 14.4. The standard InChI is InChI=1S/C21H21BrFN3O4S/c22-16-7-5-15(6-8-16)13-25(10-11-27)14-19-17-9-12-31(28,29)30-21(17)26(24-19)20-4-2-1-3-18(20)23/h1-8,27H,9-14H2. The highest BCUT2D eigenvalue weighted by Crippen LogP contribution is 2.33. The van der Waals surface area contributed by atoms with Crippen molar-refractivity contribution in [2.75, 3.05) is 18.9 Å². The minimum absolute atomic E-state index is 0.0268. The lowest BCUT2D eigenvalue weighted by Gasteiger charge is -2.21. The number of aliphatic hydroxyl groups is 1. The largest absolute Gasteiger partial charge is 0.395 e. The van der Waals surface area contributed by atoms with Gasteiger partial charge in [-0.15, -0.1) is 0 Å². The Morgan fingerprint density at radius 1 is 1.16 bits per heavy atom. The SMILES string of the molecule is O=S1(=O)CCc2c(CN(CCO)Cc3ccc(Br)cc3)nn(-c3ccccc3F)c2O1. The molecule has 0 fully saturated rings. The van der Waals surface area contributed by atoms with Gasteiger partial charge < -0.3 is 9.29 Å². The summed E-state index contributed by atoms with van der Waals surface area (Å²) in [5, 5.41) is 14.1. The summed E-state index contributed by atoms with van der Waals surface area (Å²) in [6, 6.07) is 13.9. The molecule has 1 aliphatic heterocycles. The number of nitrogens with zero attached hydrogens (tertiary/aromatic N) is 3. The lowest BCUT2D eigenvalue weighted by Crippen LogP contribution is -2.27. The first kappa shape index (κ1) is 21.9. The van der Waals surface area contributed by atoms with Crippen molar-refractivity contribution in [3.8, 4) is 11.6 Å². The van der Waals surface area contributed by atoms with Crippen LogP contribution in [0.15, 0.2) is 53.0 Å². The molecular weight excluding hydrogens is 489 g/mol. The Morgan fingerprint density at radius 2 is 1.90 bits per heavy atom. The average molecular weight is 510 g/mol. The second-order valence-corrected chi connectivity index (χ2v) is 9.86. The number of aliphatic hydroxyl groups excluding tert-OH is 1. The summed E-state index contributed by atoms with van der Waals surface area (Å²) >= 11 is 3.42. The smallest absolute Gasteiger partial charge is 0.311 e. The molecule has 3 aromatic rings. The Balaban J connectivity index is 1.70. The van der Waals surface area contributed by atoms with Gasteiger partial charge in [0.1, 0.15) is 11.5 Å². The summed E-state index contributed by atoms with van der Waals surface area (Å²) in [6.45, 7) is 1.27.